The molecule has 0 bridgehead atoms. The van der Waals surface area contributed by atoms with E-state index in [9.17, 15) is 18.0 Å². The van der Waals surface area contributed by atoms with Gasteiger partial charge in [-0.2, -0.15) is 0 Å². The number of fused-ring (bicyclic) bond motifs is 1. The van der Waals surface area contributed by atoms with Crippen LogP contribution in [0.15, 0.2) is 43.1 Å². The summed E-state index contributed by atoms with van der Waals surface area (Å²) in [6.07, 6.45) is 6.15. The zero-order valence-electron chi connectivity index (χ0n) is 17.6. The highest BCUT2D eigenvalue weighted by Gasteiger charge is 2.26. The number of nitrogens with one attached hydrogen (secondary N) is 1. The maximum absolute atomic E-state index is 15.0. The molecule has 4 heterocycles. The molecule has 1 aliphatic heterocycles. The third kappa shape index (κ3) is 3.98. The lowest BCUT2D eigenvalue weighted by atomic mass is 10.1. The van der Waals surface area contributed by atoms with Crippen molar-refractivity contribution >= 4 is 34.5 Å². The molecule has 34 heavy (non-hydrogen) atoms. The number of benzene rings is 1. The van der Waals surface area contributed by atoms with E-state index >= 15 is 0 Å². The van der Waals surface area contributed by atoms with Gasteiger partial charge in [-0.25, -0.2) is 37.9 Å². The van der Waals surface area contributed by atoms with Crippen LogP contribution in [0.4, 0.5) is 30.6 Å². The molecule has 1 saturated heterocycles. The van der Waals surface area contributed by atoms with Gasteiger partial charge in [0, 0.05) is 25.3 Å². The van der Waals surface area contributed by atoms with Crippen molar-refractivity contribution in [1.82, 2.24) is 24.5 Å². The summed E-state index contributed by atoms with van der Waals surface area (Å²) in [5.41, 5.74) is 0.115. The number of halogens is 3. The number of aromatic carboxylic acids is 1. The van der Waals surface area contributed by atoms with Crippen molar-refractivity contribution in [3.05, 3.63) is 66.1 Å². The van der Waals surface area contributed by atoms with Crippen molar-refractivity contribution < 1.29 is 23.1 Å². The van der Waals surface area contributed by atoms with E-state index in [4.69, 9.17) is 5.11 Å². The van der Waals surface area contributed by atoms with Crippen LogP contribution in [-0.2, 0) is 0 Å². The first kappa shape index (κ1) is 21.6. The molecule has 0 radical (unpaired) electrons. The largest absolute Gasteiger partial charge is 0.478 e. The first-order chi connectivity index (χ1) is 16.4. The lowest BCUT2D eigenvalue weighted by Gasteiger charge is -2.32. The summed E-state index contributed by atoms with van der Waals surface area (Å²) >= 11 is 0. The summed E-state index contributed by atoms with van der Waals surface area (Å²) in [5, 5.41) is 11.9. The van der Waals surface area contributed by atoms with E-state index in [0.717, 1.165) is 18.5 Å². The van der Waals surface area contributed by atoms with Gasteiger partial charge in [-0.3, -0.25) is 0 Å². The molecule has 12 heteroatoms. The van der Waals surface area contributed by atoms with Crippen LogP contribution in [0, 0.1) is 17.5 Å². The average molecular weight is 469 g/mol. The number of hydrogen-bond acceptors (Lipinski definition) is 7. The van der Waals surface area contributed by atoms with E-state index in [1.807, 2.05) is 4.90 Å². The molecule has 0 aliphatic carbocycles. The van der Waals surface area contributed by atoms with Crippen molar-refractivity contribution in [3.63, 3.8) is 0 Å². The number of anilines is 3. The third-order valence-electron chi connectivity index (χ3n) is 5.78. The van der Waals surface area contributed by atoms with Gasteiger partial charge in [0.25, 0.3) is 0 Å². The topological polar surface area (TPSA) is 109 Å². The Kier molecular flexibility index (Phi) is 5.48. The smallest absolute Gasteiger partial charge is 0.335 e. The Morgan fingerprint density at radius 2 is 1.76 bits per heavy atom. The van der Waals surface area contributed by atoms with E-state index in [1.54, 1.807) is 4.57 Å². The quantitative estimate of drug-likeness (QED) is 0.453. The van der Waals surface area contributed by atoms with Gasteiger partial charge in [0.2, 0.25) is 5.95 Å². The Balaban J connectivity index is 1.39. The maximum atomic E-state index is 15.0. The molecule has 1 aromatic carbocycles. The fourth-order valence-corrected chi connectivity index (χ4v) is 4.10. The molecule has 0 atom stereocenters. The number of carboxylic acids is 1. The van der Waals surface area contributed by atoms with Crippen LogP contribution in [0.2, 0.25) is 0 Å². The number of rotatable bonds is 5. The molecule has 174 valence electrons. The summed E-state index contributed by atoms with van der Waals surface area (Å²) in [5.74, 6) is -2.62. The molecule has 1 fully saturated rings. The van der Waals surface area contributed by atoms with Crippen molar-refractivity contribution in [2.45, 2.75) is 18.9 Å². The monoisotopic (exact) mass is 469 g/mol. The first-order valence-corrected chi connectivity index (χ1v) is 10.4. The van der Waals surface area contributed by atoms with Crippen LogP contribution in [0.5, 0.6) is 0 Å². The average Bonchev–Trinajstić information content (AvgIpc) is 3.18. The van der Waals surface area contributed by atoms with Crippen LogP contribution < -0.4 is 10.2 Å². The molecule has 4 aromatic rings. The molecule has 0 amide bonds. The Hall–Kier alpha value is -4.22. The molecule has 2 N–H and O–H groups in total. The number of aromatic nitrogens is 5. The van der Waals surface area contributed by atoms with Gasteiger partial charge < -0.3 is 19.9 Å². The number of hydrogen-bond donors (Lipinski definition) is 2. The second-order valence-corrected chi connectivity index (χ2v) is 7.85. The van der Waals surface area contributed by atoms with Gasteiger partial charge in [0.15, 0.2) is 11.6 Å². The standard InChI is InChI=1S/C22H18F3N7O2/c23-13-8-26-22(27-9-13)31-5-3-14(4-6-31)32-10-16(25)18-19(28-11-29-20(18)32)30-17-2-1-12(21(33)34)7-15(17)24/h1-2,7-11,14H,3-6H2,(H,33,34)(H,28,29,30). The summed E-state index contributed by atoms with van der Waals surface area (Å²) in [4.78, 5) is 29.3. The molecule has 9 nitrogen and oxygen atoms in total. The zero-order valence-corrected chi connectivity index (χ0v) is 17.6. The van der Waals surface area contributed by atoms with Crippen molar-refractivity contribution in [2.75, 3.05) is 23.3 Å². The van der Waals surface area contributed by atoms with Gasteiger partial charge in [0.05, 0.1) is 29.0 Å². The molecule has 0 unspecified atom stereocenters. The molecule has 5 rings (SSSR count). The minimum absolute atomic E-state index is 0.0373. The minimum atomic E-state index is -1.25. The highest BCUT2D eigenvalue weighted by molar-refractivity contribution is 5.91. The SMILES string of the molecule is O=C(O)c1ccc(Nc2ncnc3c2c(F)cn3C2CCN(c3ncc(F)cn3)CC2)c(F)c1. The van der Waals surface area contributed by atoms with Gasteiger partial charge >= 0.3 is 5.97 Å². The third-order valence-corrected chi connectivity index (χ3v) is 5.78. The number of piperidine rings is 1. The minimum Gasteiger partial charge on any atom is -0.478 e. The predicted molar refractivity (Wildman–Crippen MR) is 117 cm³/mol. The first-order valence-electron chi connectivity index (χ1n) is 10.4. The normalized spacial score (nSPS) is 14.5. The van der Waals surface area contributed by atoms with Gasteiger partial charge in [-0.05, 0) is 31.0 Å². The Morgan fingerprint density at radius 1 is 1.03 bits per heavy atom. The van der Waals surface area contributed by atoms with Crippen LogP contribution >= 0.6 is 0 Å². The van der Waals surface area contributed by atoms with E-state index in [1.165, 1.54) is 24.7 Å². The van der Waals surface area contributed by atoms with Crippen LogP contribution in [0.3, 0.4) is 0 Å². The lowest BCUT2D eigenvalue weighted by Crippen LogP contribution is -2.35. The number of carboxylic acid groups (broad SMARTS) is 1. The van der Waals surface area contributed by atoms with E-state index in [0.29, 0.717) is 37.5 Å². The Labute approximate surface area is 190 Å². The molecular formula is C22H18F3N7O2. The predicted octanol–water partition coefficient (Wildman–Crippen LogP) is 3.92. The van der Waals surface area contributed by atoms with E-state index in [-0.39, 0.29) is 28.5 Å². The van der Waals surface area contributed by atoms with E-state index in [2.05, 4.69) is 25.3 Å². The summed E-state index contributed by atoms with van der Waals surface area (Å²) < 4.78 is 44.2. The second kappa shape index (κ2) is 8.61. The lowest BCUT2D eigenvalue weighted by molar-refractivity contribution is 0.0696. The fourth-order valence-electron chi connectivity index (χ4n) is 4.10. The summed E-state index contributed by atoms with van der Waals surface area (Å²) in [7, 11) is 0. The van der Waals surface area contributed by atoms with Crippen LogP contribution in [0.1, 0.15) is 29.2 Å². The fraction of sp³-hybridized carbons (Fsp3) is 0.227. The number of nitrogens with zero attached hydrogens (tertiary/aromatic N) is 6. The van der Waals surface area contributed by atoms with E-state index < -0.39 is 23.4 Å². The highest BCUT2D eigenvalue weighted by atomic mass is 19.1. The van der Waals surface area contributed by atoms with Gasteiger partial charge in [-0.15, -0.1) is 0 Å². The van der Waals surface area contributed by atoms with Crippen molar-refractivity contribution in [2.24, 2.45) is 0 Å². The molecule has 3 aromatic heterocycles. The maximum Gasteiger partial charge on any atom is 0.335 e. The number of carbonyl (C=O) groups is 1. The zero-order chi connectivity index (χ0) is 23.8. The summed E-state index contributed by atoms with van der Waals surface area (Å²) in [6, 6.07) is 3.32. The molecule has 0 spiro atoms. The summed E-state index contributed by atoms with van der Waals surface area (Å²) in [6.45, 7) is 1.18. The molecular weight excluding hydrogens is 451 g/mol. The second-order valence-electron chi connectivity index (χ2n) is 7.85. The molecule has 0 saturated carbocycles. The Morgan fingerprint density at radius 3 is 2.44 bits per heavy atom. The Bertz CT molecular complexity index is 1370. The van der Waals surface area contributed by atoms with Crippen LogP contribution in [-0.4, -0.2) is 48.7 Å². The van der Waals surface area contributed by atoms with Crippen molar-refractivity contribution in [3.8, 4) is 0 Å². The van der Waals surface area contributed by atoms with Crippen LogP contribution in [0.25, 0.3) is 11.0 Å². The van der Waals surface area contributed by atoms with Gasteiger partial charge in [-0.1, -0.05) is 0 Å². The van der Waals surface area contributed by atoms with Gasteiger partial charge in [0.1, 0.15) is 23.6 Å². The molecule has 1 aliphatic rings. The highest BCUT2D eigenvalue weighted by Crippen LogP contribution is 2.33. The van der Waals surface area contributed by atoms with Crippen molar-refractivity contribution in [1.29, 1.82) is 0 Å².